The van der Waals surface area contributed by atoms with Crippen molar-refractivity contribution in [2.75, 3.05) is 26.2 Å². The van der Waals surface area contributed by atoms with Crippen LogP contribution in [0.25, 0.3) is 0 Å². The van der Waals surface area contributed by atoms with Crippen LogP contribution in [0.5, 0.6) is 0 Å². The first-order valence-corrected chi connectivity index (χ1v) is 6.64. The van der Waals surface area contributed by atoms with Crippen molar-refractivity contribution in [3.8, 4) is 0 Å². The van der Waals surface area contributed by atoms with Crippen molar-refractivity contribution in [2.45, 2.75) is 18.8 Å². The SMILES string of the molecule is O=C(OCc1ccccc1)N1CCO[C@@H]2CNC[C@@H]21. The molecule has 0 unspecified atom stereocenters. The maximum absolute atomic E-state index is 12.1. The first-order chi connectivity index (χ1) is 9.34. The van der Waals surface area contributed by atoms with Crippen LogP contribution in [-0.4, -0.2) is 49.4 Å². The van der Waals surface area contributed by atoms with Crippen molar-refractivity contribution in [1.82, 2.24) is 10.2 Å². The Labute approximate surface area is 112 Å². The number of morpholine rings is 1. The van der Waals surface area contributed by atoms with Crippen LogP contribution in [0.4, 0.5) is 4.79 Å². The minimum atomic E-state index is -0.245. The summed E-state index contributed by atoms with van der Waals surface area (Å²) in [5, 5.41) is 3.25. The van der Waals surface area contributed by atoms with E-state index < -0.39 is 0 Å². The second-order valence-corrected chi connectivity index (χ2v) is 4.87. The van der Waals surface area contributed by atoms with E-state index in [1.54, 1.807) is 4.90 Å². The van der Waals surface area contributed by atoms with Crippen LogP contribution in [0.15, 0.2) is 30.3 Å². The Morgan fingerprint density at radius 3 is 3.05 bits per heavy atom. The van der Waals surface area contributed by atoms with Crippen molar-refractivity contribution in [3.63, 3.8) is 0 Å². The molecule has 2 aliphatic rings. The lowest BCUT2D eigenvalue weighted by atomic mass is 10.1. The van der Waals surface area contributed by atoms with Crippen LogP contribution in [0, 0.1) is 0 Å². The standard InChI is InChI=1S/C14H18N2O3/c17-14(19-10-11-4-2-1-3-5-11)16-6-7-18-13-9-15-8-12(13)16/h1-5,12-13,15H,6-10H2/t12-,13+/m0/s1. The molecule has 5 heteroatoms. The molecule has 2 atom stereocenters. The molecule has 102 valence electrons. The molecule has 1 aromatic rings. The number of benzene rings is 1. The molecule has 2 fully saturated rings. The summed E-state index contributed by atoms with van der Waals surface area (Å²) in [6.07, 6.45) is -0.135. The Morgan fingerprint density at radius 2 is 2.21 bits per heavy atom. The molecule has 0 radical (unpaired) electrons. The Hall–Kier alpha value is -1.59. The van der Waals surface area contributed by atoms with E-state index >= 15 is 0 Å². The normalized spacial score (nSPS) is 26.0. The lowest BCUT2D eigenvalue weighted by Crippen LogP contribution is -2.53. The van der Waals surface area contributed by atoms with Crippen LogP contribution in [-0.2, 0) is 16.1 Å². The van der Waals surface area contributed by atoms with E-state index in [-0.39, 0.29) is 18.2 Å². The molecule has 0 bridgehead atoms. The number of carbonyl (C=O) groups excluding carboxylic acids is 1. The Kier molecular flexibility index (Phi) is 3.66. The predicted molar refractivity (Wildman–Crippen MR) is 69.7 cm³/mol. The van der Waals surface area contributed by atoms with E-state index in [0.717, 1.165) is 18.7 Å². The number of hydrogen-bond donors (Lipinski definition) is 1. The van der Waals surface area contributed by atoms with Gasteiger partial charge >= 0.3 is 6.09 Å². The monoisotopic (exact) mass is 262 g/mol. The van der Waals surface area contributed by atoms with E-state index in [1.165, 1.54) is 0 Å². The van der Waals surface area contributed by atoms with Gasteiger partial charge in [0.15, 0.2) is 0 Å². The van der Waals surface area contributed by atoms with E-state index in [9.17, 15) is 4.79 Å². The number of fused-ring (bicyclic) bond motifs is 1. The zero-order chi connectivity index (χ0) is 13.1. The van der Waals surface area contributed by atoms with Crippen LogP contribution in [0.1, 0.15) is 5.56 Å². The summed E-state index contributed by atoms with van der Waals surface area (Å²) >= 11 is 0. The van der Waals surface area contributed by atoms with Gasteiger partial charge in [0.05, 0.1) is 18.8 Å². The molecular weight excluding hydrogens is 244 g/mol. The van der Waals surface area contributed by atoms with Crippen molar-refractivity contribution >= 4 is 6.09 Å². The number of hydrogen-bond acceptors (Lipinski definition) is 4. The van der Waals surface area contributed by atoms with Gasteiger partial charge in [-0.25, -0.2) is 4.79 Å². The van der Waals surface area contributed by atoms with Gasteiger partial charge in [-0.2, -0.15) is 0 Å². The summed E-state index contributed by atoms with van der Waals surface area (Å²) in [4.78, 5) is 13.9. The fourth-order valence-corrected chi connectivity index (χ4v) is 2.62. The summed E-state index contributed by atoms with van der Waals surface area (Å²) in [5.41, 5.74) is 1.00. The molecule has 3 rings (SSSR count). The van der Waals surface area contributed by atoms with Crippen LogP contribution in [0.3, 0.4) is 0 Å². The molecule has 1 aromatic carbocycles. The highest BCUT2D eigenvalue weighted by atomic mass is 16.6. The lowest BCUT2D eigenvalue weighted by molar-refractivity contribution is -0.0441. The minimum absolute atomic E-state index is 0.108. The molecule has 1 N–H and O–H groups in total. The predicted octanol–water partition coefficient (Wildman–Crippen LogP) is 0.996. The second kappa shape index (κ2) is 5.59. The van der Waals surface area contributed by atoms with Gasteiger partial charge in [-0.15, -0.1) is 0 Å². The molecule has 2 aliphatic heterocycles. The summed E-state index contributed by atoms with van der Waals surface area (Å²) in [6, 6.07) is 9.84. The molecule has 0 aromatic heterocycles. The third kappa shape index (κ3) is 2.72. The number of nitrogens with zero attached hydrogens (tertiary/aromatic N) is 1. The highest BCUT2D eigenvalue weighted by molar-refractivity contribution is 5.68. The van der Waals surface area contributed by atoms with Gasteiger partial charge in [0, 0.05) is 19.6 Å². The fourth-order valence-electron chi connectivity index (χ4n) is 2.62. The zero-order valence-corrected chi connectivity index (χ0v) is 10.7. The number of ether oxygens (including phenoxy) is 2. The average molecular weight is 262 g/mol. The van der Waals surface area contributed by atoms with Crippen molar-refractivity contribution in [1.29, 1.82) is 0 Å². The largest absolute Gasteiger partial charge is 0.445 e. The molecule has 2 saturated heterocycles. The van der Waals surface area contributed by atoms with E-state index in [2.05, 4.69) is 5.32 Å². The van der Waals surface area contributed by atoms with Crippen molar-refractivity contribution in [3.05, 3.63) is 35.9 Å². The van der Waals surface area contributed by atoms with Gasteiger partial charge in [0.1, 0.15) is 6.61 Å². The summed E-state index contributed by atoms with van der Waals surface area (Å²) in [7, 11) is 0. The van der Waals surface area contributed by atoms with Gasteiger partial charge in [-0.3, -0.25) is 4.90 Å². The highest BCUT2D eigenvalue weighted by Crippen LogP contribution is 2.18. The Morgan fingerprint density at radius 1 is 1.37 bits per heavy atom. The number of nitrogens with one attached hydrogen (secondary N) is 1. The Bertz CT molecular complexity index is 438. The van der Waals surface area contributed by atoms with Gasteiger partial charge in [0.25, 0.3) is 0 Å². The molecular formula is C14H18N2O3. The Balaban J connectivity index is 1.57. The molecule has 0 spiro atoms. The fraction of sp³-hybridized carbons (Fsp3) is 0.500. The molecule has 5 nitrogen and oxygen atoms in total. The summed E-state index contributed by atoms with van der Waals surface area (Å²) in [5.74, 6) is 0. The van der Waals surface area contributed by atoms with Gasteiger partial charge in [0.2, 0.25) is 0 Å². The van der Waals surface area contributed by atoms with Crippen LogP contribution in [0.2, 0.25) is 0 Å². The van der Waals surface area contributed by atoms with Crippen molar-refractivity contribution < 1.29 is 14.3 Å². The van der Waals surface area contributed by atoms with Crippen LogP contribution >= 0.6 is 0 Å². The van der Waals surface area contributed by atoms with Gasteiger partial charge < -0.3 is 14.8 Å². The number of rotatable bonds is 2. The molecule has 0 saturated carbocycles. The first kappa shape index (κ1) is 12.4. The topological polar surface area (TPSA) is 50.8 Å². The number of amides is 1. The van der Waals surface area contributed by atoms with Gasteiger partial charge in [-0.1, -0.05) is 30.3 Å². The minimum Gasteiger partial charge on any atom is -0.445 e. The molecule has 2 heterocycles. The highest BCUT2D eigenvalue weighted by Gasteiger charge is 2.39. The van der Waals surface area contributed by atoms with Gasteiger partial charge in [-0.05, 0) is 5.56 Å². The third-order valence-electron chi connectivity index (χ3n) is 3.63. The second-order valence-electron chi connectivity index (χ2n) is 4.87. The van der Waals surface area contributed by atoms with E-state index in [0.29, 0.717) is 19.8 Å². The summed E-state index contributed by atoms with van der Waals surface area (Å²) in [6.45, 7) is 3.11. The smallest absolute Gasteiger partial charge is 0.410 e. The quantitative estimate of drug-likeness (QED) is 0.863. The van der Waals surface area contributed by atoms with Crippen LogP contribution < -0.4 is 5.32 Å². The first-order valence-electron chi connectivity index (χ1n) is 6.64. The lowest BCUT2D eigenvalue weighted by Gasteiger charge is -2.36. The maximum Gasteiger partial charge on any atom is 0.410 e. The third-order valence-corrected chi connectivity index (χ3v) is 3.63. The maximum atomic E-state index is 12.1. The average Bonchev–Trinajstić information content (AvgIpc) is 2.94. The molecule has 0 aliphatic carbocycles. The van der Waals surface area contributed by atoms with E-state index in [4.69, 9.17) is 9.47 Å². The molecule has 19 heavy (non-hydrogen) atoms. The summed E-state index contributed by atoms with van der Waals surface area (Å²) < 4.78 is 11.0. The van der Waals surface area contributed by atoms with Crippen molar-refractivity contribution in [2.24, 2.45) is 0 Å². The van der Waals surface area contributed by atoms with E-state index in [1.807, 2.05) is 30.3 Å². The zero-order valence-electron chi connectivity index (χ0n) is 10.7. The molecule has 1 amide bonds. The number of carbonyl (C=O) groups is 1.